The summed E-state index contributed by atoms with van der Waals surface area (Å²) in [7, 11) is 2.15. The van der Waals surface area contributed by atoms with Crippen molar-refractivity contribution in [3.63, 3.8) is 0 Å². The van der Waals surface area contributed by atoms with Gasteiger partial charge in [0.1, 0.15) is 0 Å². The van der Waals surface area contributed by atoms with Gasteiger partial charge in [0.05, 0.1) is 19.8 Å². The number of aliphatic imine (C=N–C) groups is 1. The van der Waals surface area contributed by atoms with Crippen molar-refractivity contribution >= 4 is 29.9 Å². The summed E-state index contributed by atoms with van der Waals surface area (Å²) in [6.45, 7) is 11.6. The molecule has 2 heterocycles. The Bertz CT molecular complexity index is 345. The maximum atomic E-state index is 5.44. The van der Waals surface area contributed by atoms with Crippen LogP contribution in [0.5, 0.6) is 0 Å². The number of morpholine rings is 1. The summed E-state index contributed by atoms with van der Waals surface area (Å²) in [5.74, 6) is 1.84. The molecule has 2 fully saturated rings. The molecular formula is C17H35IN4O2. The highest BCUT2D eigenvalue weighted by molar-refractivity contribution is 14.0. The molecule has 7 heteroatoms. The van der Waals surface area contributed by atoms with Gasteiger partial charge in [0.25, 0.3) is 0 Å². The first kappa shape index (κ1) is 21.9. The molecule has 2 rings (SSSR count). The van der Waals surface area contributed by atoms with E-state index in [1.807, 2.05) is 0 Å². The van der Waals surface area contributed by atoms with Crippen LogP contribution in [-0.4, -0.2) is 88.5 Å². The number of nitrogens with one attached hydrogen (secondary N) is 1. The highest BCUT2D eigenvalue weighted by atomic mass is 127. The molecule has 2 aliphatic rings. The van der Waals surface area contributed by atoms with E-state index < -0.39 is 0 Å². The first-order valence-corrected chi connectivity index (χ1v) is 9.17. The number of halogens is 1. The molecular weight excluding hydrogens is 419 g/mol. The van der Waals surface area contributed by atoms with Gasteiger partial charge in [-0.15, -0.1) is 24.0 Å². The molecule has 0 aliphatic carbocycles. The zero-order valence-electron chi connectivity index (χ0n) is 15.3. The minimum atomic E-state index is 0. The molecule has 2 aliphatic heterocycles. The molecule has 0 aromatic rings. The van der Waals surface area contributed by atoms with Crippen molar-refractivity contribution in [2.45, 2.75) is 26.2 Å². The maximum absolute atomic E-state index is 5.44. The van der Waals surface area contributed by atoms with Gasteiger partial charge in [-0.3, -0.25) is 9.89 Å². The first-order chi connectivity index (χ1) is 11.3. The standard InChI is InChI=1S/C17H34N4O2.HI/c1-3-18-17(19-7-9-21-10-14-23-15-11-21)20(2)8-4-16-5-12-22-13-6-16;/h16H,3-15H2,1-2H3,(H,18,19);1H. The summed E-state index contributed by atoms with van der Waals surface area (Å²) in [5, 5.41) is 3.42. The molecule has 6 nitrogen and oxygen atoms in total. The Labute approximate surface area is 164 Å². The highest BCUT2D eigenvalue weighted by Crippen LogP contribution is 2.18. The Morgan fingerprint density at radius 3 is 2.50 bits per heavy atom. The fourth-order valence-corrected chi connectivity index (χ4v) is 3.11. The molecule has 0 saturated carbocycles. The summed E-state index contributed by atoms with van der Waals surface area (Å²) < 4.78 is 10.8. The molecule has 24 heavy (non-hydrogen) atoms. The fourth-order valence-electron chi connectivity index (χ4n) is 3.11. The van der Waals surface area contributed by atoms with Crippen LogP contribution >= 0.6 is 24.0 Å². The summed E-state index contributed by atoms with van der Waals surface area (Å²) >= 11 is 0. The van der Waals surface area contributed by atoms with Gasteiger partial charge < -0.3 is 19.7 Å². The van der Waals surface area contributed by atoms with Gasteiger partial charge >= 0.3 is 0 Å². The summed E-state index contributed by atoms with van der Waals surface area (Å²) in [5.41, 5.74) is 0. The second kappa shape index (κ2) is 13.1. The van der Waals surface area contributed by atoms with E-state index in [1.54, 1.807) is 0 Å². The number of nitrogens with zero attached hydrogens (tertiary/aromatic N) is 3. The van der Waals surface area contributed by atoms with Crippen molar-refractivity contribution in [1.82, 2.24) is 15.1 Å². The van der Waals surface area contributed by atoms with Crippen molar-refractivity contribution in [2.24, 2.45) is 10.9 Å². The molecule has 0 atom stereocenters. The third-order valence-corrected chi connectivity index (χ3v) is 4.69. The molecule has 2 saturated heterocycles. The van der Waals surface area contributed by atoms with E-state index in [-0.39, 0.29) is 24.0 Å². The Balaban J connectivity index is 0.00000288. The Morgan fingerprint density at radius 1 is 1.17 bits per heavy atom. The lowest BCUT2D eigenvalue weighted by Gasteiger charge is -2.28. The summed E-state index contributed by atoms with van der Waals surface area (Å²) in [4.78, 5) is 9.50. The predicted octanol–water partition coefficient (Wildman–Crippen LogP) is 1.65. The van der Waals surface area contributed by atoms with Gasteiger partial charge in [0.15, 0.2) is 5.96 Å². The number of ether oxygens (including phenoxy) is 2. The van der Waals surface area contributed by atoms with E-state index in [9.17, 15) is 0 Å². The van der Waals surface area contributed by atoms with Crippen LogP contribution in [0.2, 0.25) is 0 Å². The van der Waals surface area contributed by atoms with Gasteiger partial charge in [0, 0.05) is 53.0 Å². The third kappa shape index (κ3) is 8.31. The van der Waals surface area contributed by atoms with Gasteiger partial charge in [-0.05, 0) is 32.1 Å². The van der Waals surface area contributed by atoms with E-state index in [1.165, 1.54) is 19.3 Å². The summed E-state index contributed by atoms with van der Waals surface area (Å²) in [6, 6.07) is 0. The van der Waals surface area contributed by atoms with Crippen LogP contribution in [0.15, 0.2) is 4.99 Å². The van der Waals surface area contributed by atoms with Crippen LogP contribution in [0, 0.1) is 5.92 Å². The lowest BCUT2D eigenvalue weighted by Crippen LogP contribution is -2.41. The average Bonchev–Trinajstić information content (AvgIpc) is 2.61. The minimum absolute atomic E-state index is 0. The summed E-state index contributed by atoms with van der Waals surface area (Å²) in [6.07, 6.45) is 3.64. The maximum Gasteiger partial charge on any atom is 0.193 e. The molecule has 1 N–H and O–H groups in total. The number of hydrogen-bond donors (Lipinski definition) is 1. The smallest absolute Gasteiger partial charge is 0.193 e. The third-order valence-electron chi connectivity index (χ3n) is 4.69. The quantitative estimate of drug-likeness (QED) is 0.360. The fraction of sp³-hybridized carbons (Fsp3) is 0.941. The predicted molar refractivity (Wildman–Crippen MR) is 109 cm³/mol. The van der Waals surface area contributed by atoms with Crippen molar-refractivity contribution < 1.29 is 9.47 Å². The number of rotatable bonds is 7. The topological polar surface area (TPSA) is 49.3 Å². The molecule has 0 bridgehead atoms. The van der Waals surface area contributed by atoms with Crippen LogP contribution in [0.1, 0.15) is 26.2 Å². The lowest BCUT2D eigenvalue weighted by atomic mass is 9.96. The molecule has 0 aromatic carbocycles. The highest BCUT2D eigenvalue weighted by Gasteiger charge is 2.15. The van der Waals surface area contributed by atoms with Crippen LogP contribution < -0.4 is 5.32 Å². The SMILES string of the molecule is CCNC(=NCCN1CCOCC1)N(C)CCC1CCOCC1.I. The second-order valence-corrected chi connectivity index (χ2v) is 6.46. The molecule has 0 spiro atoms. The van der Waals surface area contributed by atoms with Crippen molar-refractivity contribution in [3.05, 3.63) is 0 Å². The van der Waals surface area contributed by atoms with Gasteiger partial charge in [-0.2, -0.15) is 0 Å². The lowest BCUT2D eigenvalue weighted by molar-refractivity contribution is 0.0394. The van der Waals surface area contributed by atoms with Crippen LogP contribution in [0.3, 0.4) is 0 Å². The van der Waals surface area contributed by atoms with Crippen molar-refractivity contribution in [1.29, 1.82) is 0 Å². The first-order valence-electron chi connectivity index (χ1n) is 9.17. The van der Waals surface area contributed by atoms with Gasteiger partial charge in [0.2, 0.25) is 0 Å². The van der Waals surface area contributed by atoms with E-state index in [4.69, 9.17) is 14.5 Å². The molecule has 0 radical (unpaired) electrons. The van der Waals surface area contributed by atoms with E-state index >= 15 is 0 Å². The second-order valence-electron chi connectivity index (χ2n) is 6.46. The average molecular weight is 454 g/mol. The Hall–Kier alpha value is -0.120. The zero-order valence-corrected chi connectivity index (χ0v) is 17.7. The largest absolute Gasteiger partial charge is 0.381 e. The molecule has 0 aromatic heterocycles. The van der Waals surface area contributed by atoms with Crippen molar-refractivity contribution in [3.8, 4) is 0 Å². The molecule has 0 unspecified atom stereocenters. The van der Waals surface area contributed by atoms with E-state index in [0.29, 0.717) is 0 Å². The van der Waals surface area contributed by atoms with Crippen LogP contribution in [0.25, 0.3) is 0 Å². The zero-order chi connectivity index (χ0) is 16.3. The van der Waals surface area contributed by atoms with E-state index in [0.717, 1.165) is 77.6 Å². The Morgan fingerprint density at radius 2 is 1.83 bits per heavy atom. The monoisotopic (exact) mass is 454 g/mol. The van der Waals surface area contributed by atoms with E-state index in [2.05, 4.69) is 29.1 Å². The van der Waals surface area contributed by atoms with Gasteiger partial charge in [-0.1, -0.05) is 0 Å². The Kier molecular flexibility index (Phi) is 12.0. The van der Waals surface area contributed by atoms with Crippen molar-refractivity contribution in [2.75, 3.05) is 72.7 Å². The molecule has 0 amide bonds. The normalized spacial score (nSPS) is 20.5. The minimum Gasteiger partial charge on any atom is -0.381 e. The van der Waals surface area contributed by atoms with Crippen LogP contribution in [0.4, 0.5) is 0 Å². The van der Waals surface area contributed by atoms with Gasteiger partial charge in [-0.25, -0.2) is 0 Å². The number of guanidine groups is 1. The number of hydrogen-bond acceptors (Lipinski definition) is 4. The van der Waals surface area contributed by atoms with Crippen LogP contribution in [-0.2, 0) is 9.47 Å². The molecule has 142 valence electrons.